The Morgan fingerprint density at radius 1 is 1.69 bits per heavy atom. The number of rotatable bonds is 4. The zero-order valence-electron chi connectivity index (χ0n) is 6.97. The molecule has 0 amide bonds. The number of thioether (sulfide) groups is 1. The minimum Gasteiger partial charge on any atom is -0.271 e. The molecule has 1 heterocycles. The highest BCUT2D eigenvalue weighted by molar-refractivity contribution is 8.13. The molecule has 7 heteroatoms. The molecule has 4 nitrogen and oxygen atoms in total. The second kappa shape index (κ2) is 4.34. The molecule has 1 aromatic rings. The maximum absolute atomic E-state index is 10.8. The van der Waals surface area contributed by atoms with Crippen molar-refractivity contribution < 1.29 is 8.42 Å². The van der Waals surface area contributed by atoms with Gasteiger partial charge in [0.15, 0.2) is 0 Å². The van der Waals surface area contributed by atoms with Crippen LogP contribution in [-0.2, 0) is 15.6 Å². The van der Waals surface area contributed by atoms with Crippen molar-refractivity contribution in [2.24, 2.45) is 0 Å². The molecule has 0 aliphatic carbocycles. The third-order valence-corrected chi connectivity index (χ3v) is 3.31. The summed E-state index contributed by atoms with van der Waals surface area (Å²) in [5.74, 6) is 0.892. The quantitative estimate of drug-likeness (QED) is 0.742. The molecule has 0 unspecified atom stereocenters. The van der Waals surface area contributed by atoms with Crippen LogP contribution in [0.1, 0.15) is 0 Å². The van der Waals surface area contributed by atoms with Crippen molar-refractivity contribution in [3.63, 3.8) is 0 Å². The molecule has 0 aromatic carbocycles. The van der Waals surface area contributed by atoms with Crippen molar-refractivity contribution >= 4 is 31.5 Å². The van der Waals surface area contributed by atoms with E-state index in [9.17, 15) is 8.42 Å². The summed E-state index contributed by atoms with van der Waals surface area (Å²) in [6.45, 7) is 0.688. The Hall–Kier alpha value is -0.200. The Morgan fingerprint density at radius 2 is 2.38 bits per heavy atom. The summed E-state index contributed by atoms with van der Waals surface area (Å²) >= 11 is 1.67. The first kappa shape index (κ1) is 10.9. The fourth-order valence-electron chi connectivity index (χ4n) is 0.778. The van der Waals surface area contributed by atoms with Crippen molar-refractivity contribution in [3.05, 3.63) is 12.4 Å². The molecule has 0 aliphatic heterocycles. The third-order valence-electron chi connectivity index (χ3n) is 1.42. The monoisotopic (exact) mass is 240 g/mol. The standard InChI is InChI=1S/C6H9ClN2O2S2/c1-12-3-2-9-5-6(4-8-9)13(7,10)11/h4-5H,2-3H2,1H3. The van der Waals surface area contributed by atoms with Gasteiger partial charge in [0.2, 0.25) is 0 Å². The van der Waals surface area contributed by atoms with E-state index in [-0.39, 0.29) is 4.90 Å². The second-order valence-electron chi connectivity index (χ2n) is 2.37. The van der Waals surface area contributed by atoms with Crippen LogP contribution in [0.2, 0.25) is 0 Å². The maximum Gasteiger partial charge on any atom is 0.264 e. The lowest BCUT2D eigenvalue weighted by Gasteiger charge is -1.96. The van der Waals surface area contributed by atoms with Gasteiger partial charge in [0, 0.05) is 29.2 Å². The topological polar surface area (TPSA) is 52.0 Å². The van der Waals surface area contributed by atoms with Crippen LogP contribution in [0.5, 0.6) is 0 Å². The van der Waals surface area contributed by atoms with Crippen LogP contribution < -0.4 is 0 Å². The van der Waals surface area contributed by atoms with Crippen molar-refractivity contribution in [1.82, 2.24) is 9.78 Å². The lowest BCUT2D eigenvalue weighted by Crippen LogP contribution is -2.00. The fraction of sp³-hybridized carbons (Fsp3) is 0.500. The summed E-state index contributed by atoms with van der Waals surface area (Å²) in [6, 6.07) is 0. The van der Waals surface area contributed by atoms with Gasteiger partial charge in [-0.2, -0.15) is 16.9 Å². The highest BCUT2D eigenvalue weighted by atomic mass is 35.7. The first-order valence-corrected chi connectivity index (χ1v) is 7.20. The summed E-state index contributed by atoms with van der Waals surface area (Å²) in [5, 5.41) is 3.86. The molecule has 74 valence electrons. The van der Waals surface area contributed by atoms with Crippen LogP contribution in [0.25, 0.3) is 0 Å². The van der Waals surface area contributed by atoms with Gasteiger partial charge < -0.3 is 0 Å². The van der Waals surface area contributed by atoms with Crippen LogP contribution >= 0.6 is 22.4 Å². The second-order valence-corrected chi connectivity index (χ2v) is 5.92. The smallest absolute Gasteiger partial charge is 0.264 e. The highest BCUT2D eigenvalue weighted by Gasteiger charge is 2.11. The van der Waals surface area contributed by atoms with Crippen molar-refractivity contribution in [2.75, 3.05) is 12.0 Å². The number of nitrogens with zero attached hydrogens (tertiary/aromatic N) is 2. The largest absolute Gasteiger partial charge is 0.271 e. The van der Waals surface area contributed by atoms with Gasteiger partial charge in [-0.1, -0.05) is 0 Å². The molecule has 1 rings (SSSR count). The molecule has 0 fully saturated rings. The molecular formula is C6H9ClN2O2S2. The van der Waals surface area contributed by atoms with E-state index >= 15 is 0 Å². The van der Waals surface area contributed by atoms with E-state index in [0.29, 0.717) is 6.54 Å². The molecule has 0 spiro atoms. The van der Waals surface area contributed by atoms with Crippen LogP contribution in [-0.4, -0.2) is 30.2 Å². The predicted octanol–water partition coefficient (Wildman–Crippen LogP) is 1.17. The zero-order valence-corrected chi connectivity index (χ0v) is 9.36. The maximum atomic E-state index is 10.8. The van der Waals surface area contributed by atoms with Crippen molar-refractivity contribution in [2.45, 2.75) is 11.4 Å². The summed E-state index contributed by atoms with van der Waals surface area (Å²) in [5.41, 5.74) is 0. The molecule has 1 aromatic heterocycles. The Labute approximate surface area is 85.7 Å². The van der Waals surface area contributed by atoms with Gasteiger partial charge >= 0.3 is 0 Å². The van der Waals surface area contributed by atoms with Gasteiger partial charge in [-0.3, -0.25) is 4.68 Å². The fourth-order valence-corrected chi connectivity index (χ4v) is 1.81. The Kier molecular flexibility index (Phi) is 3.63. The Morgan fingerprint density at radius 3 is 2.85 bits per heavy atom. The summed E-state index contributed by atoms with van der Waals surface area (Å²) in [4.78, 5) is 0.0512. The number of aryl methyl sites for hydroxylation is 1. The highest BCUT2D eigenvalue weighted by Crippen LogP contribution is 2.12. The average molecular weight is 241 g/mol. The van der Waals surface area contributed by atoms with E-state index in [0.717, 1.165) is 5.75 Å². The van der Waals surface area contributed by atoms with Gasteiger partial charge in [0.05, 0.1) is 6.20 Å². The van der Waals surface area contributed by atoms with Crippen molar-refractivity contribution in [3.8, 4) is 0 Å². The third kappa shape index (κ3) is 3.21. The average Bonchev–Trinajstić information content (AvgIpc) is 2.47. The van der Waals surface area contributed by atoms with Crippen LogP contribution in [0.15, 0.2) is 17.3 Å². The van der Waals surface area contributed by atoms with E-state index in [2.05, 4.69) is 5.10 Å². The molecule has 0 bridgehead atoms. The number of hydrogen-bond donors (Lipinski definition) is 0. The van der Waals surface area contributed by atoms with E-state index in [1.807, 2.05) is 6.26 Å². The number of hydrogen-bond acceptors (Lipinski definition) is 4. The zero-order chi connectivity index (χ0) is 9.90. The molecular weight excluding hydrogens is 232 g/mol. The van der Waals surface area contributed by atoms with E-state index in [4.69, 9.17) is 10.7 Å². The van der Waals surface area contributed by atoms with Crippen molar-refractivity contribution in [1.29, 1.82) is 0 Å². The van der Waals surface area contributed by atoms with E-state index in [1.165, 1.54) is 12.4 Å². The van der Waals surface area contributed by atoms with Crippen LogP contribution in [0.3, 0.4) is 0 Å². The summed E-state index contributed by atoms with van der Waals surface area (Å²) in [6.07, 6.45) is 4.66. The molecule has 0 aliphatic rings. The molecule has 0 saturated carbocycles. The van der Waals surface area contributed by atoms with E-state index < -0.39 is 9.05 Å². The molecule has 0 atom stereocenters. The minimum atomic E-state index is -3.62. The molecule has 13 heavy (non-hydrogen) atoms. The number of halogens is 1. The summed E-state index contributed by atoms with van der Waals surface area (Å²) in [7, 11) is 1.49. The predicted molar refractivity (Wildman–Crippen MR) is 53.6 cm³/mol. The van der Waals surface area contributed by atoms with E-state index in [1.54, 1.807) is 16.4 Å². The van der Waals surface area contributed by atoms with Crippen LogP contribution in [0, 0.1) is 0 Å². The molecule has 0 radical (unpaired) electrons. The molecule has 0 saturated heterocycles. The Bertz CT molecular complexity index is 374. The first-order chi connectivity index (χ1) is 6.04. The molecule has 0 N–H and O–H groups in total. The van der Waals surface area contributed by atoms with Gasteiger partial charge in [-0.25, -0.2) is 8.42 Å². The van der Waals surface area contributed by atoms with Gasteiger partial charge in [-0.15, -0.1) is 0 Å². The SMILES string of the molecule is CSCCn1cc(S(=O)(=O)Cl)cn1. The van der Waals surface area contributed by atoms with Gasteiger partial charge in [-0.05, 0) is 6.26 Å². The Balaban J connectivity index is 2.76. The normalized spacial score (nSPS) is 11.8. The summed E-state index contributed by atoms with van der Waals surface area (Å²) < 4.78 is 23.2. The number of aromatic nitrogens is 2. The van der Waals surface area contributed by atoms with Gasteiger partial charge in [0.1, 0.15) is 4.90 Å². The van der Waals surface area contributed by atoms with Crippen LogP contribution in [0.4, 0.5) is 0 Å². The lowest BCUT2D eigenvalue weighted by molar-refractivity contribution is 0.609. The first-order valence-electron chi connectivity index (χ1n) is 3.50. The lowest BCUT2D eigenvalue weighted by atomic mass is 10.7. The van der Waals surface area contributed by atoms with Gasteiger partial charge in [0.25, 0.3) is 9.05 Å². The minimum absolute atomic E-state index is 0.0512.